The Morgan fingerprint density at radius 2 is 2.29 bits per heavy atom. The molecule has 0 saturated heterocycles. The molecule has 0 aliphatic rings. The van der Waals surface area contributed by atoms with Crippen LogP contribution in [-0.2, 0) is 0 Å². The highest BCUT2D eigenvalue weighted by atomic mass is 79.9. The number of hydrogen-bond acceptors (Lipinski definition) is 1. The van der Waals surface area contributed by atoms with Crippen molar-refractivity contribution >= 4 is 15.9 Å². The van der Waals surface area contributed by atoms with E-state index in [1.807, 2.05) is 6.08 Å². The van der Waals surface area contributed by atoms with Crippen molar-refractivity contribution < 1.29 is 4.39 Å². The van der Waals surface area contributed by atoms with Crippen LogP contribution in [0.4, 0.5) is 4.39 Å². The molecule has 1 atom stereocenters. The molecule has 1 nitrogen and oxygen atoms in total. The van der Waals surface area contributed by atoms with Crippen LogP contribution in [-0.4, -0.2) is 0 Å². The van der Waals surface area contributed by atoms with Crippen LogP contribution < -0.4 is 5.73 Å². The van der Waals surface area contributed by atoms with Gasteiger partial charge in [0.2, 0.25) is 0 Å². The van der Waals surface area contributed by atoms with Gasteiger partial charge in [-0.05, 0) is 36.6 Å². The first kappa shape index (κ1) is 11.4. The third kappa shape index (κ3) is 2.93. The molecular formula is C11H13BrFN. The van der Waals surface area contributed by atoms with Crippen LogP contribution in [0.2, 0.25) is 0 Å². The van der Waals surface area contributed by atoms with Crippen molar-refractivity contribution in [3.63, 3.8) is 0 Å². The first-order valence-electron chi connectivity index (χ1n) is 4.46. The largest absolute Gasteiger partial charge is 0.324 e. The quantitative estimate of drug-likeness (QED) is 0.821. The molecule has 0 unspecified atom stereocenters. The van der Waals surface area contributed by atoms with Crippen LogP contribution in [0.25, 0.3) is 0 Å². The highest BCUT2D eigenvalue weighted by Crippen LogP contribution is 2.25. The van der Waals surface area contributed by atoms with E-state index in [0.29, 0.717) is 0 Å². The van der Waals surface area contributed by atoms with Crippen LogP contribution in [0.1, 0.15) is 24.4 Å². The molecule has 0 radical (unpaired) electrons. The predicted octanol–water partition coefficient (Wildman–Crippen LogP) is 3.55. The zero-order valence-electron chi connectivity index (χ0n) is 7.84. The zero-order chi connectivity index (χ0) is 10.6. The summed E-state index contributed by atoms with van der Waals surface area (Å²) in [4.78, 5) is 0. The molecule has 0 heterocycles. The minimum Gasteiger partial charge on any atom is -0.324 e. The maximum absolute atomic E-state index is 12.9. The summed E-state index contributed by atoms with van der Waals surface area (Å²) in [7, 11) is 0. The molecule has 0 aromatic heterocycles. The number of allylic oxidation sites excluding steroid dienone is 1. The van der Waals surface area contributed by atoms with Gasteiger partial charge in [-0.25, -0.2) is 4.39 Å². The van der Waals surface area contributed by atoms with E-state index < -0.39 is 0 Å². The molecular weight excluding hydrogens is 245 g/mol. The van der Waals surface area contributed by atoms with Crippen LogP contribution in [0, 0.1) is 5.82 Å². The molecule has 0 bridgehead atoms. The summed E-state index contributed by atoms with van der Waals surface area (Å²) in [5, 5.41) is 0. The van der Waals surface area contributed by atoms with Crippen molar-refractivity contribution in [3.8, 4) is 0 Å². The van der Waals surface area contributed by atoms with Gasteiger partial charge in [-0.3, -0.25) is 0 Å². The number of halogens is 2. The standard InChI is InChI=1S/C11H13BrFN/c1-2-3-4-11(14)9-7-8(13)5-6-10(9)12/h2,5-7,11H,1,3-4,14H2/t11-/m0/s1. The molecule has 0 spiro atoms. The Morgan fingerprint density at radius 3 is 2.93 bits per heavy atom. The molecule has 0 saturated carbocycles. The van der Waals surface area contributed by atoms with E-state index in [-0.39, 0.29) is 11.9 Å². The summed E-state index contributed by atoms with van der Waals surface area (Å²) in [6.07, 6.45) is 3.43. The number of benzene rings is 1. The van der Waals surface area contributed by atoms with E-state index in [2.05, 4.69) is 22.5 Å². The second-order valence-electron chi connectivity index (χ2n) is 3.14. The Morgan fingerprint density at radius 1 is 1.57 bits per heavy atom. The van der Waals surface area contributed by atoms with E-state index in [4.69, 9.17) is 5.73 Å². The molecule has 3 heteroatoms. The Bertz CT molecular complexity index is 325. The van der Waals surface area contributed by atoms with Gasteiger partial charge in [0, 0.05) is 10.5 Å². The molecule has 1 rings (SSSR count). The Hall–Kier alpha value is -0.670. The van der Waals surface area contributed by atoms with Gasteiger partial charge in [-0.15, -0.1) is 6.58 Å². The number of hydrogen-bond donors (Lipinski definition) is 1. The Kier molecular flexibility index (Phi) is 4.29. The fourth-order valence-electron chi connectivity index (χ4n) is 1.25. The van der Waals surface area contributed by atoms with Crippen LogP contribution >= 0.6 is 15.9 Å². The van der Waals surface area contributed by atoms with E-state index in [1.165, 1.54) is 12.1 Å². The fourth-order valence-corrected chi connectivity index (χ4v) is 1.79. The van der Waals surface area contributed by atoms with Gasteiger partial charge in [0.15, 0.2) is 0 Å². The molecule has 0 fully saturated rings. The van der Waals surface area contributed by atoms with Gasteiger partial charge < -0.3 is 5.73 Å². The van der Waals surface area contributed by atoms with Crippen molar-refractivity contribution in [2.45, 2.75) is 18.9 Å². The van der Waals surface area contributed by atoms with Gasteiger partial charge >= 0.3 is 0 Å². The summed E-state index contributed by atoms with van der Waals surface area (Å²) in [6, 6.07) is 4.42. The van der Waals surface area contributed by atoms with Crippen molar-refractivity contribution in [3.05, 3.63) is 46.7 Å². The molecule has 1 aromatic carbocycles. The van der Waals surface area contributed by atoms with Crippen molar-refractivity contribution in [1.82, 2.24) is 0 Å². The zero-order valence-corrected chi connectivity index (χ0v) is 9.43. The molecule has 2 N–H and O–H groups in total. The third-order valence-electron chi connectivity index (χ3n) is 2.04. The van der Waals surface area contributed by atoms with Crippen molar-refractivity contribution in [2.24, 2.45) is 5.73 Å². The highest BCUT2D eigenvalue weighted by Gasteiger charge is 2.09. The van der Waals surface area contributed by atoms with Gasteiger partial charge in [-0.2, -0.15) is 0 Å². The topological polar surface area (TPSA) is 26.0 Å². The summed E-state index contributed by atoms with van der Waals surface area (Å²) < 4.78 is 13.8. The molecule has 0 aliphatic carbocycles. The molecule has 0 aliphatic heterocycles. The molecule has 76 valence electrons. The summed E-state index contributed by atoms with van der Waals surface area (Å²) in [6.45, 7) is 3.62. The normalized spacial score (nSPS) is 12.5. The maximum atomic E-state index is 12.9. The van der Waals surface area contributed by atoms with Crippen LogP contribution in [0.3, 0.4) is 0 Å². The molecule has 14 heavy (non-hydrogen) atoms. The highest BCUT2D eigenvalue weighted by molar-refractivity contribution is 9.10. The van der Waals surface area contributed by atoms with Gasteiger partial charge in [-0.1, -0.05) is 22.0 Å². The van der Waals surface area contributed by atoms with E-state index in [1.54, 1.807) is 6.07 Å². The second kappa shape index (κ2) is 5.27. The minimum absolute atomic E-state index is 0.141. The average molecular weight is 258 g/mol. The molecule has 1 aromatic rings. The van der Waals surface area contributed by atoms with E-state index >= 15 is 0 Å². The summed E-state index contributed by atoms with van der Waals surface area (Å²) in [5.41, 5.74) is 6.72. The lowest BCUT2D eigenvalue weighted by Gasteiger charge is -2.12. The van der Waals surface area contributed by atoms with Gasteiger partial charge in [0.1, 0.15) is 5.82 Å². The Labute approximate surface area is 91.9 Å². The van der Waals surface area contributed by atoms with Crippen molar-refractivity contribution in [2.75, 3.05) is 0 Å². The lowest BCUT2D eigenvalue weighted by atomic mass is 10.0. The lowest BCUT2D eigenvalue weighted by molar-refractivity contribution is 0.610. The van der Waals surface area contributed by atoms with Gasteiger partial charge in [0.05, 0.1) is 0 Å². The monoisotopic (exact) mass is 257 g/mol. The molecule has 0 amide bonds. The smallest absolute Gasteiger partial charge is 0.123 e. The third-order valence-corrected chi connectivity index (χ3v) is 2.76. The van der Waals surface area contributed by atoms with Gasteiger partial charge in [0.25, 0.3) is 0 Å². The summed E-state index contributed by atoms with van der Waals surface area (Å²) >= 11 is 3.35. The summed E-state index contributed by atoms with van der Waals surface area (Å²) in [5.74, 6) is -0.253. The minimum atomic E-state index is -0.253. The number of rotatable bonds is 4. The van der Waals surface area contributed by atoms with E-state index in [9.17, 15) is 4.39 Å². The van der Waals surface area contributed by atoms with Crippen molar-refractivity contribution in [1.29, 1.82) is 0 Å². The second-order valence-corrected chi connectivity index (χ2v) is 3.99. The first-order valence-corrected chi connectivity index (χ1v) is 5.26. The van der Waals surface area contributed by atoms with Crippen LogP contribution in [0.15, 0.2) is 35.3 Å². The van der Waals surface area contributed by atoms with Crippen LogP contribution in [0.5, 0.6) is 0 Å². The number of nitrogens with two attached hydrogens (primary N) is 1. The van der Waals surface area contributed by atoms with E-state index in [0.717, 1.165) is 22.9 Å². The first-order chi connectivity index (χ1) is 6.65. The Balaban J connectivity index is 2.82. The maximum Gasteiger partial charge on any atom is 0.123 e. The lowest BCUT2D eigenvalue weighted by Crippen LogP contribution is -2.10. The SMILES string of the molecule is C=CCC[C@H](N)c1cc(F)ccc1Br. The predicted molar refractivity (Wildman–Crippen MR) is 60.5 cm³/mol. The average Bonchev–Trinajstić information content (AvgIpc) is 2.18. The fraction of sp³-hybridized carbons (Fsp3) is 0.273.